The molecule has 0 heterocycles. The zero-order valence-electron chi connectivity index (χ0n) is 22.9. The molecule has 0 fully saturated rings. The van der Waals surface area contributed by atoms with Gasteiger partial charge in [-0.1, -0.05) is 60.1 Å². The van der Waals surface area contributed by atoms with Crippen molar-refractivity contribution in [2.24, 2.45) is 5.73 Å². The molecule has 0 saturated carbocycles. The van der Waals surface area contributed by atoms with Gasteiger partial charge in [0.2, 0.25) is 0 Å². The van der Waals surface area contributed by atoms with Crippen molar-refractivity contribution in [3.05, 3.63) is 107 Å². The highest BCUT2D eigenvalue weighted by molar-refractivity contribution is 6.30. The number of benzene rings is 5. The minimum Gasteiger partial charge on any atom is -0.506 e. The lowest BCUT2D eigenvalue weighted by Gasteiger charge is -2.15. The molecule has 1 amide bonds. The van der Waals surface area contributed by atoms with Gasteiger partial charge >= 0.3 is 0 Å². The molecule has 5 rings (SSSR count). The number of hydrogen-bond donors (Lipinski definition) is 3. The van der Waals surface area contributed by atoms with E-state index in [2.05, 4.69) is 5.32 Å². The van der Waals surface area contributed by atoms with E-state index in [1.807, 2.05) is 60.7 Å². The normalized spacial score (nSPS) is 11.0. The molecular weight excluding hydrogens is 552 g/mol. The Hall–Kier alpha value is -4.59. The van der Waals surface area contributed by atoms with Crippen molar-refractivity contribution < 1.29 is 24.2 Å². The summed E-state index contributed by atoms with van der Waals surface area (Å²) in [4.78, 5) is 26.6. The van der Waals surface area contributed by atoms with Crippen LogP contribution in [0.3, 0.4) is 0 Å². The molecule has 0 spiro atoms. The Kier molecular flexibility index (Phi) is 9.21. The van der Waals surface area contributed by atoms with Gasteiger partial charge in [0.1, 0.15) is 17.2 Å². The summed E-state index contributed by atoms with van der Waals surface area (Å²) >= 11 is 5.93. The van der Waals surface area contributed by atoms with Crippen molar-refractivity contribution in [2.75, 3.05) is 25.1 Å². The first-order valence-corrected chi connectivity index (χ1v) is 14.1. The van der Waals surface area contributed by atoms with Gasteiger partial charge in [-0.2, -0.15) is 0 Å². The summed E-state index contributed by atoms with van der Waals surface area (Å²) in [6.07, 6.45) is 1.35. The minimum atomic E-state index is -0.445. The third-order valence-electron chi connectivity index (χ3n) is 6.86. The van der Waals surface area contributed by atoms with Crippen LogP contribution >= 0.6 is 11.6 Å². The number of nitrogens with two attached hydrogens (primary N) is 1. The molecule has 214 valence electrons. The van der Waals surface area contributed by atoms with Crippen LogP contribution in [0.4, 0.5) is 5.69 Å². The largest absolute Gasteiger partial charge is 0.506 e. The van der Waals surface area contributed by atoms with Crippen LogP contribution in [0.25, 0.3) is 21.5 Å². The molecule has 0 bridgehead atoms. The third-order valence-corrected chi connectivity index (χ3v) is 7.10. The molecule has 0 aliphatic heterocycles. The molecule has 8 heteroatoms. The SMILES string of the molecule is NCCCOc1cc2ccccc2cc1C(=O)CCCOc1cc2ccccc2cc1C(=O)Nc1ccc(Cl)cc1O. The van der Waals surface area contributed by atoms with Crippen LogP contribution in [0.1, 0.15) is 40.0 Å². The number of carbonyl (C=O) groups excluding carboxylic acids is 2. The lowest BCUT2D eigenvalue weighted by molar-refractivity contribution is 0.0965. The van der Waals surface area contributed by atoms with Crippen LogP contribution < -0.4 is 20.5 Å². The second-order valence-electron chi connectivity index (χ2n) is 9.87. The molecule has 5 aromatic rings. The van der Waals surface area contributed by atoms with Gasteiger partial charge in [-0.25, -0.2) is 0 Å². The average molecular weight is 583 g/mol. The lowest BCUT2D eigenvalue weighted by atomic mass is 10.0. The van der Waals surface area contributed by atoms with Crippen molar-refractivity contribution in [3.63, 3.8) is 0 Å². The Morgan fingerprint density at radius 1 is 0.738 bits per heavy atom. The zero-order chi connectivity index (χ0) is 29.5. The fourth-order valence-electron chi connectivity index (χ4n) is 4.69. The predicted octanol–water partition coefficient (Wildman–Crippen LogP) is 7.37. The molecule has 7 nitrogen and oxygen atoms in total. The van der Waals surface area contributed by atoms with E-state index in [4.69, 9.17) is 26.8 Å². The second-order valence-corrected chi connectivity index (χ2v) is 10.3. The lowest BCUT2D eigenvalue weighted by Crippen LogP contribution is -2.14. The van der Waals surface area contributed by atoms with Crippen molar-refractivity contribution in [2.45, 2.75) is 19.3 Å². The topological polar surface area (TPSA) is 111 Å². The van der Waals surface area contributed by atoms with E-state index in [0.717, 1.165) is 21.5 Å². The molecule has 5 aromatic carbocycles. The molecule has 0 aromatic heterocycles. The first kappa shape index (κ1) is 28.9. The number of ether oxygens (including phenoxy) is 2. The second kappa shape index (κ2) is 13.4. The van der Waals surface area contributed by atoms with E-state index in [1.54, 1.807) is 18.2 Å². The highest BCUT2D eigenvalue weighted by atomic mass is 35.5. The summed E-state index contributed by atoms with van der Waals surface area (Å²) in [5.74, 6) is 0.287. The fraction of sp³-hybridized carbons (Fsp3) is 0.176. The standard InChI is InChI=1S/C34H31ClN2O5/c35-26-12-13-29(31(39)21-26)37-34(40)28-18-23-8-2-4-10-25(23)20-33(28)41-15-5-11-30(38)27-17-22-7-1-3-9-24(22)19-32(27)42-16-6-14-36/h1-4,7-10,12-13,17-21,39H,5-6,11,14-16,36H2,(H,37,40). The number of amides is 1. The zero-order valence-corrected chi connectivity index (χ0v) is 23.7. The monoisotopic (exact) mass is 582 g/mol. The highest BCUT2D eigenvalue weighted by Crippen LogP contribution is 2.31. The van der Waals surface area contributed by atoms with Gasteiger partial charge in [0.15, 0.2) is 5.78 Å². The van der Waals surface area contributed by atoms with E-state index < -0.39 is 5.91 Å². The van der Waals surface area contributed by atoms with Crippen LogP contribution in [0.5, 0.6) is 17.2 Å². The molecule has 0 saturated heterocycles. The van der Waals surface area contributed by atoms with Crippen molar-refractivity contribution >= 4 is 50.5 Å². The van der Waals surface area contributed by atoms with Crippen LogP contribution in [0, 0.1) is 0 Å². The molecule has 0 radical (unpaired) electrons. The number of fused-ring (bicyclic) bond motifs is 2. The highest BCUT2D eigenvalue weighted by Gasteiger charge is 2.18. The smallest absolute Gasteiger partial charge is 0.259 e. The molecule has 0 aliphatic carbocycles. The van der Waals surface area contributed by atoms with E-state index in [-0.39, 0.29) is 30.2 Å². The quantitative estimate of drug-likeness (QED) is 0.0804. The fourth-order valence-corrected chi connectivity index (χ4v) is 4.85. The van der Waals surface area contributed by atoms with Crippen LogP contribution in [0.15, 0.2) is 91.0 Å². The van der Waals surface area contributed by atoms with Gasteiger partial charge in [-0.05, 0) is 77.3 Å². The van der Waals surface area contributed by atoms with Gasteiger partial charge in [0.05, 0.1) is 30.0 Å². The Bertz CT molecular complexity index is 1750. The molecule has 0 unspecified atom stereocenters. The van der Waals surface area contributed by atoms with Crippen LogP contribution in [-0.2, 0) is 0 Å². The van der Waals surface area contributed by atoms with Crippen molar-refractivity contribution in [1.82, 2.24) is 0 Å². The number of anilines is 1. The molecular formula is C34H31ClN2O5. The summed E-state index contributed by atoms with van der Waals surface area (Å²) < 4.78 is 12.0. The van der Waals surface area contributed by atoms with Crippen LogP contribution in [-0.4, -0.2) is 36.6 Å². The Morgan fingerprint density at radius 2 is 1.29 bits per heavy atom. The molecule has 4 N–H and O–H groups in total. The average Bonchev–Trinajstić information content (AvgIpc) is 3.00. The molecule has 42 heavy (non-hydrogen) atoms. The Labute approximate surface area is 248 Å². The number of ketones is 1. The maximum atomic E-state index is 13.3. The Balaban J connectivity index is 1.31. The molecule has 0 atom stereocenters. The Morgan fingerprint density at radius 3 is 1.88 bits per heavy atom. The number of nitrogens with one attached hydrogen (secondary N) is 1. The first-order valence-electron chi connectivity index (χ1n) is 13.8. The molecule has 0 aliphatic rings. The maximum Gasteiger partial charge on any atom is 0.259 e. The number of carbonyl (C=O) groups is 2. The number of hydrogen-bond acceptors (Lipinski definition) is 6. The number of phenolic OH excluding ortho intramolecular Hbond substituents is 1. The van der Waals surface area contributed by atoms with E-state index >= 15 is 0 Å². The number of rotatable bonds is 12. The van der Waals surface area contributed by atoms with Crippen LogP contribution in [0.2, 0.25) is 5.02 Å². The van der Waals surface area contributed by atoms with E-state index in [0.29, 0.717) is 53.6 Å². The van der Waals surface area contributed by atoms with Gasteiger partial charge in [0.25, 0.3) is 5.91 Å². The van der Waals surface area contributed by atoms with Gasteiger partial charge in [-0.3, -0.25) is 9.59 Å². The number of aromatic hydroxyl groups is 1. The predicted molar refractivity (Wildman–Crippen MR) is 167 cm³/mol. The van der Waals surface area contributed by atoms with Crippen molar-refractivity contribution in [1.29, 1.82) is 0 Å². The third kappa shape index (κ3) is 6.82. The summed E-state index contributed by atoms with van der Waals surface area (Å²) in [7, 11) is 0. The minimum absolute atomic E-state index is 0.0539. The van der Waals surface area contributed by atoms with Gasteiger partial charge in [0, 0.05) is 17.5 Å². The van der Waals surface area contributed by atoms with Gasteiger partial charge < -0.3 is 25.6 Å². The first-order chi connectivity index (χ1) is 20.4. The van der Waals surface area contributed by atoms with Crippen molar-refractivity contribution in [3.8, 4) is 17.2 Å². The van der Waals surface area contributed by atoms with E-state index in [9.17, 15) is 14.7 Å². The summed E-state index contributed by atoms with van der Waals surface area (Å²) in [6, 6.07) is 27.3. The maximum absolute atomic E-state index is 13.3. The number of phenols is 1. The number of halogens is 1. The summed E-state index contributed by atoms with van der Waals surface area (Å²) in [5.41, 5.74) is 6.68. The van der Waals surface area contributed by atoms with Gasteiger partial charge in [-0.15, -0.1) is 0 Å². The number of Topliss-reactive ketones (excluding diaryl/α,β-unsaturated/α-hetero) is 1. The van der Waals surface area contributed by atoms with E-state index in [1.165, 1.54) is 12.1 Å². The summed E-state index contributed by atoms with van der Waals surface area (Å²) in [6.45, 7) is 1.15. The summed E-state index contributed by atoms with van der Waals surface area (Å²) in [5, 5.41) is 17.0.